The van der Waals surface area contributed by atoms with Gasteiger partial charge in [0.2, 0.25) is 0 Å². The van der Waals surface area contributed by atoms with Crippen LogP contribution in [0.5, 0.6) is 0 Å². The Kier molecular flexibility index (Phi) is 4.58. The molecule has 0 bridgehead atoms. The van der Waals surface area contributed by atoms with Crippen LogP contribution in [-0.4, -0.2) is 24.0 Å². The lowest BCUT2D eigenvalue weighted by Crippen LogP contribution is -2.41. The number of likely N-dealkylation sites (tertiary alicyclic amines) is 1. The molecule has 1 saturated heterocycles. The molecule has 0 aliphatic carbocycles. The molecule has 4 nitrogen and oxygen atoms in total. The van der Waals surface area contributed by atoms with E-state index in [-0.39, 0.29) is 0 Å². The summed E-state index contributed by atoms with van der Waals surface area (Å²) in [6, 6.07) is 15.0. The lowest BCUT2D eigenvalue weighted by atomic mass is 10.0. The zero-order chi connectivity index (χ0) is 14.5. The van der Waals surface area contributed by atoms with Crippen molar-refractivity contribution in [3.05, 3.63) is 53.8 Å². The summed E-state index contributed by atoms with van der Waals surface area (Å²) in [6.07, 6.45) is 2.37. The molecule has 0 saturated carbocycles. The number of nitrogens with one attached hydrogen (secondary N) is 1. The van der Waals surface area contributed by atoms with Crippen LogP contribution in [0.1, 0.15) is 24.2 Å². The van der Waals surface area contributed by atoms with E-state index in [0.29, 0.717) is 11.9 Å². The Morgan fingerprint density at radius 1 is 1.10 bits per heavy atom. The van der Waals surface area contributed by atoms with Gasteiger partial charge in [0.05, 0.1) is 6.54 Å². The number of nitrogen functional groups attached to an aromatic ring is 1. The zero-order valence-corrected chi connectivity index (χ0v) is 12.3. The van der Waals surface area contributed by atoms with Crippen molar-refractivity contribution in [3.8, 4) is 0 Å². The zero-order valence-electron chi connectivity index (χ0n) is 12.3. The van der Waals surface area contributed by atoms with Gasteiger partial charge < -0.3 is 15.5 Å². The molecule has 1 fully saturated rings. The Morgan fingerprint density at radius 3 is 2.52 bits per heavy atom. The van der Waals surface area contributed by atoms with Crippen LogP contribution in [0, 0.1) is 0 Å². The number of piperidine rings is 1. The molecule has 2 heterocycles. The second-order valence-corrected chi connectivity index (χ2v) is 5.72. The Balaban J connectivity index is 1.40. The van der Waals surface area contributed by atoms with Gasteiger partial charge in [0.15, 0.2) is 5.88 Å². The number of rotatable bonds is 5. The first-order valence-corrected chi connectivity index (χ1v) is 7.63. The molecular formula is C17H23N3O. The smallest absolute Gasteiger partial charge is 0.190 e. The molecule has 3 rings (SSSR count). The third kappa shape index (κ3) is 4.09. The van der Waals surface area contributed by atoms with Crippen molar-refractivity contribution in [1.82, 2.24) is 10.2 Å². The quantitative estimate of drug-likeness (QED) is 0.886. The van der Waals surface area contributed by atoms with Gasteiger partial charge in [-0.25, -0.2) is 0 Å². The Morgan fingerprint density at radius 2 is 1.86 bits per heavy atom. The molecule has 3 N–H and O–H groups in total. The molecule has 21 heavy (non-hydrogen) atoms. The predicted molar refractivity (Wildman–Crippen MR) is 84.7 cm³/mol. The Bertz CT molecular complexity index is 544. The average molecular weight is 285 g/mol. The largest absolute Gasteiger partial charge is 0.445 e. The predicted octanol–water partition coefficient (Wildman–Crippen LogP) is 2.62. The lowest BCUT2D eigenvalue weighted by molar-refractivity contribution is 0.189. The number of anilines is 1. The fourth-order valence-corrected chi connectivity index (χ4v) is 2.87. The maximum absolute atomic E-state index is 5.58. The molecule has 0 atom stereocenters. The van der Waals surface area contributed by atoms with Crippen molar-refractivity contribution in [3.63, 3.8) is 0 Å². The summed E-state index contributed by atoms with van der Waals surface area (Å²) >= 11 is 0. The minimum Gasteiger partial charge on any atom is -0.445 e. The fraction of sp³-hybridized carbons (Fsp3) is 0.412. The van der Waals surface area contributed by atoms with Crippen molar-refractivity contribution in [2.75, 3.05) is 18.8 Å². The number of benzene rings is 1. The number of hydrogen-bond acceptors (Lipinski definition) is 4. The molecule has 112 valence electrons. The van der Waals surface area contributed by atoms with E-state index >= 15 is 0 Å². The van der Waals surface area contributed by atoms with Crippen molar-refractivity contribution < 1.29 is 4.42 Å². The molecule has 1 aliphatic rings. The minimum absolute atomic E-state index is 0.490. The number of nitrogens with zero attached hydrogens (tertiary/aromatic N) is 1. The normalized spacial score (nSPS) is 17.1. The SMILES string of the molecule is Nc1ccc(CNC2CCN(Cc3ccccc3)CC2)o1. The highest BCUT2D eigenvalue weighted by Crippen LogP contribution is 2.15. The van der Waals surface area contributed by atoms with Gasteiger partial charge in [0.25, 0.3) is 0 Å². The van der Waals surface area contributed by atoms with Crippen LogP contribution in [0.3, 0.4) is 0 Å². The summed E-state index contributed by atoms with van der Waals surface area (Å²) in [6.45, 7) is 4.11. The highest BCUT2D eigenvalue weighted by molar-refractivity contribution is 5.25. The summed E-state index contributed by atoms with van der Waals surface area (Å²) in [5.41, 5.74) is 6.98. The lowest BCUT2D eigenvalue weighted by Gasteiger charge is -2.32. The first kappa shape index (κ1) is 14.2. The molecule has 0 amide bonds. The standard InChI is InChI=1S/C17H23N3O/c18-17-7-6-16(21-17)12-19-15-8-10-20(11-9-15)13-14-4-2-1-3-5-14/h1-7,15,19H,8-13,18H2. The fourth-order valence-electron chi connectivity index (χ4n) is 2.87. The van der Waals surface area contributed by atoms with Crippen molar-refractivity contribution in [1.29, 1.82) is 0 Å². The van der Waals surface area contributed by atoms with E-state index in [4.69, 9.17) is 10.2 Å². The van der Waals surface area contributed by atoms with Gasteiger partial charge in [-0.15, -0.1) is 0 Å². The van der Waals surface area contributed by atoms with E-state index in [1.165, 1.54) is 18.4 Å². The molecule has 0 radical (unpaired) electrons. The third-order valence-electron chi connectivity index (χ3n) is 4.08. The van der Waals surface area contributed by atoms with Gasteiger partial charge in [-0.05, 0) is 37.6 Å². The van der Waals surface area contributed by atoms with Gasteiger partial charge in [-0.2, -0.15) is 0 Å². The van der Waals surface area contributed by atoms with E-state index in [1.807, 2.05) is 6.07 Å². The van der Waals surface area contributed by atoms with Crippen molar-refractivity contribution >= 4 is 5.88 Å². The van der Waals surface area contributed by atoms with Crippen molar-refractivity contribution in [2.24, 2.45) is 0 Å². The van der Waals surface area contributed by atoms with Crippen LogP contribution < -0.4 is 11.1 Å². The molecular weight excluding hydrogens is 262 g/mol. The molecule has 1 aliphatic heterocycles. The molecule has 2 aromatic rings. The summed E-state index contributed by atoms with van der Waals surface area (Å²) in [4.78, 5) is 2.53. The highest BCUT2D eigenvalue weighted by atomic mass is 16.4. The Hall–Kier alpha value is -1.78. The van der Waals surface area contributed by atoms with Crippen LogP contribution in [0.4, 0.5) is 5.88 Å². The van der Waals surface area contributed by atoms with Crippen LogP contribution >= 0.6 is 0 Å². The van der Waals surface area contributed by atoms with Crippen LogP contribution in [-0.2, 0) is 13.1 Å². The summed E-state index contributed by atoms with van der Waals surface area (Å²) in [7, 11) is 0. The van der Waals surface area contributed by atoms with Crippen LogP contribution in [0.2, 0.25) is 0 Å². The van der Waals surface area contributed by atoms with Crippen LogP contribution in [0.25, 0.3) is 0 Å². The second kappa shape index (κ2) is 6.78. The van der Waals surface area contributed by atoms with E-state index in [9.17, 15) is 0 Å². The first-order chi connectivity index (χ1) is 10.3. The molecule has 0 unspecified atom stereocenters. The number of furan rings is 1. The third-order valence-corrected chi connectivity index (χ3v) is 4.08. The van der Waals surface area contributed by atoms with E-state index in [0.717, 1.165) is 31.9 Å². The molecule has 0 spiro atoms. The van der Waals surface area contributed by atoms with Gasteiger partial charge in [0, 0.05) is 18.7 Å². The monoisotopic (exact) mass is 285 g/mol. The number of hydrogen-bond donors (Lipinski definition) is 2. The first-order valence-electron chi connectivity index (χ1n) is 7.63. The van der Waals surface area contributed by atoms with Gasteiger partial charge >= 0.3 is 0 Å². The highest BCUT2D eigenvalue weighted by Gasteiger charge is 2.19. The summed E-state index contributed by atoms with van der Waals surface area (Å²) in [5, 5.41) is 3.56. The summed E-state index contributed by atoms with van der Waals surface area (Å²) < 4.78 is 5.38. The second-order valence-electron chi connectivity index (χ2n) is 5.72. The Labute approximate surface area is 125 Å². The maximum atomic E-state index is 5.58. The van der Waals surface area contributed by atoms with E-state index in [1.54, 1.807) is 6.07 Å². The van der Waals surface area contributed by atoms with Crippen LogP contribution in [0.15, 0.2) is 46.9 Å². The van der Waals surface area contributed by atoms with E-state index in [2.05, 4.69) is 40.5 Å². The topological polar surface area (TPSA) is 54.4 Å². The molecule has 1 aromatic heterocycles. The maximum Gasteiger partial charge on any atom is 0.190 e. The summed E-state index contributed by atoms with van der Waals surface area (Å²) in [5.74, 6) is 1.41. The van der Waals surface area contributed by atoms with E-state index < -0.39 is 0 Å². The van der Waals surface area contributed by atoms with Gasteiger partial charge in [-0.1, -0.05) is 30.3 Å². The van der Waals surface area contributed by atoms with Gasteiger partial charge in [-0.3, -0.25) is 4.90 Å². The minimum atomic E-state index is 0.490. The van der Waals surface area contributed by atoms with Gasteiger partial charge in [0.1, 0.15) is 5.76 Å². The number of nitrogens with two attached hydrogens (primary N) is 1. The molecule has 1 aromatic carbocycles. The van der Waals surface area contributed by atoms with Crippen molar-refractivity contribution in [2.45, 2.75) is 32.0 Å². The molecule has 4 heteroatoms. The average Bonchev–Trinajstić information content (AvgIpc) is 2.93.